The Morgan fingerprint density at radius 1 is 1.38 bits per heavy atom. The van der Waals surface area contributed by atoms with Gasteiger partial charge in [0.2, 0.25) is 0 Å². The molecule has 2 rings (SSSR count). The Hall–Kier alpha value is -1.82. The summed E-state index contributed by atoms with van der Waals surface area (Å²) < 4.78 is 17.6. The number of hydrogen-bond donors (Lipinski definition) is 1. The molecular weight excluding hydrogens is 211 g/mol. The molecule has 0 bridgehead atoms. The molecular formula is C10H11FN4O. The molecule has 0 saturated heterocycles. The van der Waals surface area contributed by atoms with Gasteiger partial charge in [0.05, 0.1) is 6.20 Å². The number of aromatic nitrogens is 3. The molecule has 2 aromatic rings. The third-order valence-electron chi connectivity index (χ3n) is 2.02. The first-order valence-electron chi connectivity index (χ1n) is 4.94. The molecule has 0 aliphatic heterocycles. The molecule has 0 aliphatic rings. The Kier molecular flexibility index (Phi) is 3.21. The van der Waals surface area contributed by atoms with E-state index in [0.717, 1.165) is 12.6 Å². The summed E-state index contributed by atoms with van der Waals surface area (Å²) in [4.78, 5) is 7.98. The minimum absolute atomic E-state index is 0.298. The van der Waals surface area contributed by atoms with Gasteiger partial charge in [0.15, 0.2) is 5.82 Å². The second-order valence-corrected chi connectivity index (χ2v) is 3.27. The lowest BCUT2D eigenvalue weighted by Crippen LogP contribution is -2.01. The van der Waals surface area contributed by atoms with Gasteiger partial charge in [-0.25, -0.2) is 9.37 Å². The highest BCUT2D eigenvalue weighted by molar-refractivity contribution is 5.45. The van der Waals surface area contributed by atoms with Crippen LogP contribution in [0.25, 0.3) is 11.6 Å². The largest absolute Gasteiger partial charge is 0.332 e. The molecule has 0 radical (unpaired) electrons. The van der Waals surface area contributed by atoms with Crippen LogP contribution in [0.4, 0.5) is 4.39 Å². The average Bonchev–Trinajstić information content (AvgIpc) is 2.76. The maximum absolute atomic E-state index is 12.6. The van der Waals surface area contributed by atoms with Crippen molar-refractivity contribution in [2.45, 2.75) is 12.8 Å². The van der Waals surface area contributed by atoms with Crippen LogP contribution in [-0.2, 0) is 6.42 Å². The summed E-state index contributed by atoms with van der Waals surface area (Å²) in [7, 11) is 0. The molecule has 0 fully saturated rings. The van der Waals surface area contributed by atoms with E-state index in [9.17, 15) is 4.39 Å². The molecule has 2 aromatic heterocycles. The van der Waals surface area contributed by atoms with Crippen molar-refractivity contribution < 1.29 is 8.91 Å². The van der Waals surface area contributed by atoms with Gasteiger partial charge in [-0.05, 0) is 25.1 Å². The molecule has 5 nitrogen and oxygen atoms in total. The SMILES string of the molecule is NCCCc1noc(-c2ccc(F)cn2)n1. The summed E-state index contributed by atoms with van der Waals surface area (Å²) in [6.07, 6.45) is 2.58. The molecule has 84 valence electrons. The Morgan fingerprint density at radius 2 is 2.25 bits per heavy atom. The zero-order valence-corrected chi connectivity index (χ0v) is 8.56. The van der Waals surface area contributed by atoms with Crippen LogP contribution in [0.3, 0.4) is 0 Å². The number of halogens is 1. The molecule has 0 amide bonds. The van der Waals surface area contributed by atoms with E-state index in [1.54, 1.807) is 0 Å². The zero-order chi connectivity index (χ0) is 11.4. The first kappa shape index (κ1) is 10.7. The molecule has 0 saturated carbocycles. The summed E-state index contributed by atoms with van der Waals surface area (Å²) in [6, 6.07) is 2.79. The van der Waals surface area contributed by atoms with Gasteiger partial charge in [0.25, 0.3) is 5.89 Å². The third-order valence-corrected chi connectivity index (χ3v) is 2.02. The lowest BCUT2D eigenvalue weighted by Gasteiger charge is -1.91. The van der Waals surface area contributed by atoms with Gasteiger partial charge in [0, 0.05) is 6.42 Å². The summed E-state index contributed by atoms with van der Waals surface area (Å²) >= 11 is 0. The fourth-order valence-corrected chi connectivity index (χ4v) is 1.22. The van der Waals surface area contributed by atoms with Crippen molar-refractivity contribution in [3.05, 3.63) is 30.0 Å². The maximum Gasteiger partial charge on any atom is 0.276 e. The van der Waals surface area contributed by atoms with Crippen molar-refractivity contribution in [2.24, 2.45) is 5.73 Å². The maximum atomic E-state index is 12.6. The normalized spacial score (nSPS) is 10.6. The topological polar surface area (TPSA) is 77.8 Å². The van der Waals surface area contributed by atoms with Crippen molar-refractivity contribution in [2.75, 3.05) is 6.54 Å². The van der Waals surface area contributed by atoms with E-state index in [1.165, 1.54) is 12.1 Å². The summed E-state index contributed by atoms with van der Waals surface area (Å²) in [6.45, 7) is 0.582. The van der Waals surface area contributed by atoms with E-state index in [0.29, 0.717) is 30.4 Å². The van der Waals surface area contributed by atoms with E-state index >= 15 is 0 Å². The second-order valence-electron chi connectivity index (χ2n) is 3.27. The first-order valence-corrected chi connectivity index (χ1v) is 4.94. The number of rotatable bonds is 4. The molecule has 0 aliphatic carbocycles. The van der Waals surface area contributed by atoms with Gasteiger partial charge in [-0.1, -0.05) is 5.16 Å². The van der Waals surface area contributed by atoms with Gasteiger partial charge in [-0.2, -0.15) is 4.98 Å². The molecule has 16 heavy (non-hydrogen) atoms. The lowest BCUT2D eigenvalue weighted by atomic mass is 10.3. The molecule has 0 aromatic carbocycles. The van der Waals surface area contributed by atoms with E-state index < -0.39 is 5.82 Å². The number of nitrogens with two attached hydrogens (primary N) is 1. The van der Waals surface area contributed by atoms with Crippen molar-refractivity contribution in [3.63, 3.8) is 0 Å². The average molecular weight is 222 g/mol. The van der Waals surface area contributed by atoms with Crippen LogP contribution in [0.15, 0.2) is 22.9 Å². The predicted molar refractivity (Wildman–Crippen MR) is 54.9 cm³/mol. The molecule has 0 atom stereocenters. The van der Waals surface area contributed by atoms with Crippen LogP contribution in [0.2, 0.25) is 0 Å². The van der Waals surface area contributed by atoms with Crippen molar-refractivity contribution in [1.82, 2.24) is 15.1 Å². The monoisotopic (exact) mass is 222 g/mol. The molecule has 2 heterocycles. The van der Waals surface area contributed by atoms with Crippen LogP contribution >= 0.6 is 0 Å². The van der Waals surface area contributed by atoms with Gasteiger partial charge < -0.3 is 10.3 Å². The highest BCUT2D eigenvalue weighted by Gasteiger charge is 2.09. The van der Waals surface area contributed by atoms with E-state index in [1.807, 2.05) is 0 Å². The van der Waals surface area contributed by atoms with Crippen molar-refractivity contribution in [1.29, 1.82) is 0 Å². The molecule has 0 unspecified atom stereocenters. The fourth-order valence-electron chi connectivity index (χ4n) is 1.22. The Balaban J connectivity index is 2.15. The van der Waals surface area contributed by atoms with Gasteiger partial charge in [-0.3, -0.25) is 0 Å². The van der Waals surface area contributed by atoms with Gasteiger partial charge >= 0.3 is 0 Å². The van der Waals surface area contributed by atoms with Crippen molar-refractivity contribution >= 4 is 0 Å². The van der Waals surface area contributed by atoms with Gasteiger partial charge in [0.1, 0.15) is 11.5 Å². The van der Waals surface area contributed by atoms with Crippen molar-refractivity contribution in [3.8, 4) is 11.6 Å². The first-order chi connectivity index (χ1) is 7.79. The number of hydrogen-bond acceptors (Lipinski definition) is 5. The quantitative estimate of drug-likeness (QED) is 0.839. The number of pyridine rings is 1. The lowest BCUT2D eigenvalue weighted by molar-refractivity contribution is 0.420. The predicted octanol–water partition coefficient (Wildman–Crippen LogP) is 1.16. The minimum atomic E-state index is -0.397. The van der Waals surface area contributed by atoms with E-state index in [2.05, 4.69) is 15.1 Å². The Morgan fingerprint density at radius 3 is 2.94 bits per heavy atom. The number of aryl methyl sites for hydroxylation is 1. The van der Waals surface area contributed by atoms with Crippen LogP contribution in [0.5, 0.6) is 0 Å². The molecule has 0 spiro atoms. The van der Waals surface area contributed by atoms with E-state index in [-0.39, 0.29) is 0 Å². The van der Waals surface area contributed by atoms with Gasteiger partial charge in [-0.15, -0.1) is 0 Å². The molecule has 6 heteroatoms. The van der Waals surface area contributed by atoms with Crippen LogP contribution in [0, 0.1) is 5.82 Å². The third kappa shape index (κ3) is 2.40. The number of nitrogens with zero attached hydrogens (tertiary/aromatic N) is 3. The summed E-state index contributed by atoms with van der Waals surface area (Å²) in [5, 5.41) is 3.78. The fraction of sp³-hybridized carbons (Fsp3) is 0.300. The smallest absolute Gasteiger partial charge is 0.276 e. The van der Waals surface area contributed by atoms with E-state index in [4.69, 9.17) is 10.3 Å². The molecule has 2 N–H and O–H groups in total. The van der Waals surface area contributed by atoms with Crippen LogP contribution in [0.1, 0.15) is 12.2 Å². The summed E-state index contributed by atoms with van der Waals surface area (Å²) in [5.41, 5.74) is 5.84. The summed E-state index contributed by atoms with van der Waals surface area (Å²) in [5.74, 6) is 0.491. The van der Waals surface area contributed by atoms with Crippen LogP contribution < -0.4 is 5.73 Å². The second kappa shape index (κ2) is 4.80. The standard InChI is InChI=1S/C10H11FN4O/c11-7-3-4-8(13-6-7)10-14-9(15-16-10)2-1-5-12/h3-4,6H,1-2,5,12H2. The van der Waals surface area contributed by atoms with Crippen LogP contribution in [-0.4, -0.2) is 21.7 Å². The Bertz CT molecular complexity index is 454. The highest BCUT2D eigenvalue weighted by atomic mass is 19.1. The highest BCUT2D eigenvalue weighted by Crippen LogP contribution is 2.14. The minimum Gasteiger partial charge on any atom is -0.332 e. The Labute approximate surface area is 91.5 Å². The zero-order valence-electron chi connectivity index (χ0n) is 8.56.